The Bertz CT molecular complexity index is 2040. The molecular weight excluding hydrogens is 793 g/mol. The molecule has 0 aromatic carbocycles. The number of hydrogen-bond acceptors (Lipinski definition) is 14. The minimum atomic E-state index is 0.498. The number of unbranched alkanes of at least 4 members (excludes halogenated alkanes) is 4. The first kappa shape index (κ1) is 38.0. The highest BCUT2D eigenvalue weighted by Crippen LogP contribution is 2.63. The lowest BCUT2D eigenvalue weighted by molar-refractivity contribution is 0.172. The second kappa shape index (κ2) is 17.5. The molecular formula is C40H46N4O4S6. The summed E-state index contributed by atoms with van der Waals surface area (Å²) in [4.78, 5) is 27.0. The number of aromatic nitrogens is 4. The smallest absolute Gasteiger partial charge is 0.181 e. The summed E-state index contributed by atoms with van der Waals surface area (Å²) in [5.41, 5.74) is 4.54. The molecule has 14 heteroatoms. The van der Waals surface area contributed by atoms with Crippen LogP contribution < -0.4 is 18.9 Å². The summed E-state index contributed by atoms with van der Waals surface area (Å²) >= 11 is 10.3. The van der Waals surface area contributed by atoms with Crippen molar-refractivity contribution in [2.75, 3.05) is 26.4 Å². The van der Waals surface area contributed by atoms with Gasteiger partial charge in [-0.25, -0.2) is 19.9 Å². The van der Waals surface area contributed by atoms with Crippen LogP contribution in [-0.2, 0) is 25.7 Å². The maximum Gasteiger partial charge on any atom is 0.181 e. The number of fused-ring (bicyclic) bond motifs is 2. The lowest BCUT2D eigenvalue weighted by Gasteiger charge is -2.18. The molecule has 6 aromatic rings. The second-order valence-electron chi connectivity index (χ2n) is 13.5. The van der Waals surface area contributed by atoms with Gasteiger partial charge < -0.3 is 18.9 Å². The molecule has 0 N–H and O–H groups in total. The van der Waals surface area contributed by atoms with Crippen molar-refractivity contribution in [1.82, 2.24) is 19.9 Å². The van der Waals surface area contributed by atoms with Crippen molar-refractivity contribution in [2.45, 2.75) is 105 Å². The Balaban J connectivity index is 1.22. The molecule has 8 heterocycles. The van der Waals surface area contributed by atoms with Gasteiger partial charge in [0.25, 0.3) is 0 Å². The average Bonchev–Trinajstić information content (AvgIpc) is 4.06. The first-order valence-electron chi connectivity index (χ1n) is 19.3. The third kappa shape index (κ3) is 7.75. The lowest BCUT2D eigenvalue weighted by Crippen LogP contribution is -2.15. The van der Waals surface area contributed by atoms with Gasteiger partial charge in [-0.2, -0.15) is 0 Å². The molecule has 6 aromatic heterocycles. The van der Waals surface area contributed by atoms with Gasteiger partial charge in [0.1, 0.15) is 26.4 Å². The summed E-state index contributed by atoms with van der Waals surface area (Å²) in [6.07, 6.45) is 12.8. The zero-order chi connectivity index (χ0) is 37.0. The van der Waals surface area contributed by atoms with Crippen molar-refractivity contribution in [3.05, 3.63) is 33.5 Å². The molecule has 0 radical (unpaired) electrons. The van der Waals surface area contributed by atoms with Crippen LogP contribution in [0, 0.1) is 0 Å². The number of aryl methyl sites for hydroxylation is 4. The van der Waals surface area contributed by atoms with E-state index < -0.39 is 0 Å². The molecule has 0 unspecified atom stereocenters. The molecule has 0 bridgehead atoms. The van der Waals surface area contributed by atoms with E-state index in [2.05, 4.69) is 38.5 Å². The number of hydrogen-bond donors (Lipinski definition) is 0. The van der Waals surface area contributed by atoms with E-state index in [1.54, 1.807) is 68.0 Å². The summed E-state index contributed by atoms with van der Waals surface area (Å²) in [5, 5.41) is 8.35. The molecule has 286 valence electrons. The van der Waals surface area contributed by atoms with Crippen molar-refractivity contribution in [3.63, 3.8) is 0 Å². The molecule has 8 rings (SSSR count). The molecule has 0 saturated carbocycles. The number of thiazole rings is 4. The van der Waals surface area contributed by atoms with Gasteiger partial charge in [0.05, 0.1) is 52.0 Å². The van der Waals surface area contributed by atoms with Crippen LogP contribution in [0.4, 0.5) is 0 Å². The molecule has 54 heavy (non-hydrogen) atoms. The number of thiophene rings is 2. The first-order chi connectivity index (χ1) is 26.6. The van der Waals surface area contributed by atoms with E-state index in [9.17, 15) is 0 Å². The van der Waals surface area contributed by atoms with Gasteiger partial charge in [-0.05, 0) is 51.4 Å². The van der Waals surface area contributed by atoms with Crippen LogP contribution in [0.25, 0.3) is 49.3 Å². The predicted molar refractivity (Wildman–Crippen MR) is 228 cm³/mol. The molecule has 0 fully saturated rings. The summed E-state index contributed by atoms with van der Waals surface area (Å²) in [5.74, 6) is 3.20. The Kier molecular flexibility index (Phi) is 12.3. The van der Waals surface area contributed by atoms with Crippen LogP contribution in [-0.4, -0.2) is 46.4 Å². The average molecular weight is 839 g/mol. The van der Waals surface area contributed by atoms with Gasteiger partial charge in [-0.3, -0.25) is 0 Å². The quantitative estimate of drug-likeness (QED) is 0.0897. The van der Waals surface area contributed by atoms with E-state index >= 15 is 0 Å². The van der Waals surface area contributed by atoms with E-state index in [0.717, 1.165) is 172 Å². The third-order valence-electron chi connectivity index (χ3n) is 9.39. The monoisotopic (exact) mass is 838 g/mol. The van der Waals surface area contributed by atoms with Crippen molar-refractivity contribution in [3.8, 4) is 72.3 Å². The minimum absolute atomic E-state index is 0.498. The van der Waals surface area contributed by atoms with Crippen LogP contribution >= 0.6 is 68.0 Å². The Morgan fingerprint density at radius 2 is 0.778 bits per heavy atom. The van der Waals surface area contributed by atoms with E-state index in [1.165, 1.54) is 0 Å². The molecule has 0 aliphatic carbocycles. The Morgan fingerprint density at radius 3 is 1.15 bits per heavy atom. The van der Waals surface area contributed by atoms with Crippen LogP contribution in [0.15, 0.2) is 10.8 Å². The van der Waals surface area contributed by atoms with E-state index in [0.29, 0.717) is 26.4 Å². The van der Waals surface area contributed by atoms with Crippen LogP contribution in [0.2, 0.25) is 0 Å². The maximum absolute atomic E-state index is 6.49. The Labute approximate surface area is 341 Å². The Hall–Kier alpha value is -2.88. The normalized spacial score (nSPS) is 13.6. The molecule has 0 saturated heterocycles. The predicted octanol–water partition coefficient (Wildman–Crippen LogP) is 12.9. The highest BCUT2D eigenvalue weighted by atomic mass is 32.1. The molecule has 0 spiro atoms. The number of nitrogens with zero attached hydrogens (tertiary/aromatic N) is 4. The summed E-state index contributed by atoms with van der Waals surface area (Å²) < 4.78 is 25.9. The number of rotatable bonds is 17. The van der Waals surface area contributed by atoms with Crippen LogP contribution in [0.5, 0.6) is 23.0 Å². The summed E-state index contributed by atoms with van der Waals surface area (Å²) in [6.45, 7) is 10.9. The van der Waals surface area contributed by atoms with E-state index in [4.69, 9.17) is 38.9 Å². The topological polar surface area (TPSA) is 88.5 Å². The van der Waals surface area contributed by atoms with Gasteiger partial charge in [0, 0.05) is 10.8 Å². The van der Waals surface area contributed by atoms with Gasteiger partial charge in [0.15, 0.2) is 43.0 Å². The van der Waals surface area contributed by atoms with Gasteiger partial charge >= 0.3 is 0 Å². The molecule has 0 amide bonds. The van der Waals surface area contributed by atoms with Crippen LogP contribution in [0.1, 0.15) is 102 Å². The highest BCUT2D eigenvalue weighted by molar-refractivity contribution is 7.31. The maximum atomic E-state index is 6.49. The summed E-state index contributed by atoms with van der Waals surface area (Å²) in [7, 11) is 0. The molecule has 8 nitrogen and oxygen atoms in total. The molecule has 2 aliphatic rings. The largest absolute Gasteiger partial charge is 0.485 e. The fourth-order valence-electron chi connectivity index (χ4n) is 6.52. The summed E-state index contributed by atoms with van der Waals surface area (Å²) in [6, 6.07) is 0. The third-order valence-corrected chi connectivity index (χ3v) is 16.4. The Morgan fingerprint density at radius 1 is 0.426 bits per heavy atom. The van der Waals surface area contributed by atoms with Crippen LogP contribution in [0.3, 0.4) is 0 Å². The van der Waals surface area contributed by atoms with Crippen molar-refractivity contribution in [1.29, 1.82) is 0 Å². The fourth-order valence-corrected chi connectivity index (χ4v) is 13.3. The molecule has 2 aliphatic heterocycles. The van der Waals surface area contributed by atoms with Crippen molar-refractivity contribution >= 4 is 68.0 Å². The van der Waals surface area contributed by atoms with Gasteiger partial charge in [-0.1, -0.05) is 53.4 Å². The van der Waals surface area contributed by atoms with Crippen molar-refractivity contribution in [2.24, 2.45) is 0 Å². The fraction of sp³-hybridized carbons (Fsp3) is 0.500. The molecule has 0 atom stereocenters. The van der Waals surface area contributed by atoms with Crippen molar-refractivity contribution < 1.29 is 18.9 Å². The number of ether oxygens (including phenoxy) is 4. The SMILES string of the molecule is CCCCc1csc(-c2nc(CCCC)c(-c3sc(-c4sc(-c5sc(-c6nc(CCCC)cs6)nc5CCCC)c5c4OCCO5)c4c3OCCO4)s2)n1. The highest BCUT2D eigenvalue weighted by Gasteiger charge is 2.36. The van der Waals surface area contributed by atoms with Gasteiger partial charge in [-0.15, -0.1) is 68.0 Å². The zero-order valence-corrected chi connectivity index (χ0v) is 36.2. The van der Waals surface area contributed by atoms with Gasteiger partial charge in [0.2, 0.25) is 0 Å². The lowest BCUT2D eigenvalue weighted by atomic mass is 10.1. The second-order valence-corrected chi connectivity index (χ2v) is 19.3. The van der Waals surface area contributed by atoms with E-state index in [1.807, 2.05) is 0 Å². The zero-order valence-electron chi connectivity index (χ0n) is 31.3. The first-order valence-corrected chi connectivity index (χ1v) is 24.4. The standard InChI is InChI=1S/C40H46N4O4S6/c1-5-9-13-23-21-49-37(41-23)39-43-25(15-11-7-3)31(53-39)33-27-29(47-19-17-45-27)35(51-33)36-30-28(46-18-20-48-30)34(52-36)32-26(16-12-8-4)44-40(54-32)38-42-24(22-50-38)14-10-6-2/h21-22H,5-20H2,1-4H3. The minimum Gasteiger partial charge on any atom is -0.485 e. The van der Waals surface area contributed by atoms with E-state index in [-0.39, 0.29) is 0 Å².